The van der Waals surface area contributed by atoms with Crippen LogP contribution in [-0.4, -0.2) is 70.9 Å². The van der Waals surface area contributed by atoms with Crippen molar-refractivity contribution in [1.29, 1.82) is 0 Å². The molecule has 34 heavy (non-hydrogen) atoms. The first kappa shape index (κ1) is 24.3. The number of hydrogen-bond acceptors (Lipinski definition) is 7. The molecule has 1 saturated heterocycles. The van der Waals surface area contributed by atoms with Gasteiger partial charge in [0.2, 0.25) is 5.91 Å². The van der Waals surface area contributed by atoms with Crippen LogP contribution in [0, 0.1) is 0 Å². The third-order valence-electron chi connectivity index (χ3n) is 5.79. The molecule has 2 aromatic carbocycles. The molecule has 0 bridgehead atoms. The fourth-order valence-corrected chi connectivity index (χ4v) is 6.59. The van der Waals surface area contributed by atoms with E-state index in [2.05, 4.69) is 10.2 Å². The molecular formula is C24H28N4O4S2. The number of hydrogen-bond donors (Lipinski definition) is 0. The van der Waals surface area contributed by atoms with E-state index in [0.29, 0.717) is 24.6 Å². The van der Waals surface area contributed by atoms with Gasteiger partial charge in [-0.3, -0.25) is 9.36 Å². The summed E-state index contributed by atoms with van der Waals surface area (Å²) >= 11 is 1.30. The highest BCUT2D eigenvalue weighted by Crippen LogP contribution is 2.26. The lowest BCUT2D eigenvalue weighted by Crippen LogP contribution is -2.38. The zero-order chi connectivity index (χ0) is 24.1. The fourth-order valence-electron chi connectivity index (χ4n) is 3.92. The standard InChI is InChI=1S/C24H28N4O4S2/c1-3-32-21-11-9-19(10-12-21)28-22(15-18-7-5-4-6-8-18)25-26-24(28)33-16-23(29)27(2)20-13-14-34(30,31)17-20/h4-12,20H,3,13-17H2,1-2H3/t20-/m1/s1. The van der Waals surface area contributed by atoms with Crippen LogP contribution in [0.15, 0.2) is 59.8 Å². The molecule has 8 nitrogen and oxygen atoms in total. The molecule has 1 amide bonds. The highest BCUT2D eigenvalue weighted by Gasteiger charge is 2.32. The van der Waals surface area contributed by atoms with Crippen molar-refractivity contribution in [2.24, 2.45) is 0 Å². The Morgan fingerprint density at radius 1 is 1.15 bits per heavy atom. The first-order valence-electron chi connectivity index (χ1n) is 11.2. The normalized spacial score (nSPS) is 16.9. The van der Waals surface area contributed by atoms with Gasteiger partial charge in [-0.1, -0.05) is 42.1 Å². The Labute approximate surface area is 204 Å². The highest BCUT2D eigenvalue weighted by atomic mass is 32.2. The van der Waals surface area contributed by atoms with Crippen LogP contribution in [0.3, 0.4) is 0 Å². The van der Waals surface area contributed by atoms with Crippen LogP contribution in [0.2, 0.25) is 0 Å². The second kappa shape index (κ2) is 10.6. The minimum absolute atomic E-state index is 0.0312. The molecule has 0 saturated carbocycles. The summed E-state index contributed by atoms with van der Waals surface area (Å²) in [5.74, 6) is 1.73. The zero-order valence-corrected chi connectivity index (χ0v) is 20.9. The first-order chi connectivity index (χ1) is 16.4. The molecule has 0 radical (unpaired) electrons. The third kappa shape index (κ3) is 5.79. The summed E-state index contributed by atoms with van der Waals surface area (Å²) in [4.78, 5) is 14.4. The number of carbonyl (C=O) groups is 1. The van der Waals surface area contributed by atoms with Crippen molar-refractivity contribution in [2.75, 3.05) is 30.9 Å². The van der Waals surface area contributed by atoms with E-state index in [9.17, 15) is 13.2 Å². The molecule has 1 atom stereocenters. The van der Waals surface area contributed by atoms with Gasteiger partial charge >= 0.3 is 0 Å². The number of sulfone groups is 1. The van der Waals surface area contributed by atoms with E-state index >= 15 is 0 Å². The van der Waals surface area contributed by atoms with Crippen molar-refractivity contribution in [3.05, 3.63) is 66.0 Å². The van der Waals surface area contributed by atoms with Crippen LogP contribution in [-0.2, 0) is 21.1 Å². The Kier molecular flexibility index (Phi) is 7.57. The van der Waals surface area contributed by atoms with E-state index in [0.717, 1.165) is 22.8 Å². The van der Waals surface area contributed by atoms with Crippen LogP contribution in [0.25, 0.3) is 5.69 Å². The minimum Gasteiger partial charge on any atom is -0.494 e. The highest BCUT2D eigenvalue weighted by molar-refractivity contribution is 7.99. The van der Waals surface area contributed by atoms with Gasteiger partial charge in [0.05, 0.1) is 23.9 Å². The molecule has 1 aliphatic heterocycles. The molecule has 1 fully saturated rings. The Balaban J connectivity index is 1.54. The average molecular weight is 501 g/mol. The van der Waals surface area contributed by atoms with Gasteiger partial charge in [-0.15, -0.1) is 10.2 Å². The lowest BCUT2D eigenvalue weighted by molar-refractivity contribution is -0.128. The number of carbonyl (C=O) groups excluding carboxylic acids is 1. The number of rotatable bonds is 9. The van der Waals surface area contributed by atoms with Crippen LogP contribution in [0.1, 0.15) is 24.7 Å². The van der Waals surface area contributed by atoms with Gasteiger partial charge in [0.15, 0.2) is 15.0 Å². The second-order valence-electron chi connectivity index (χ2n) is 8.17. The Hall–Kier alpha value is -2.85. The maximum Gasteiger partial charge on any atom is 0.233 e. The number of thioether (sulfide) groups is 1. The number of amides is 1. The summed E-state index contributed by atoms with van der Waals surface area (Å²) < 4.78 is 31.1. The number of ether oxygens (including phenoxy) is 1. The van der Waals surface area contributed by atoms with Crippen molar-refractivity contribution in [3.8, 4) is 11.4 Å². The summed E-state index contributed by atoms with van der Waals surface area (Å²) in [7, 11) is -1.38. The van der Waals surface area contributed by atoms with Crippen molar-refractivity contribution in [3.63, 3.8) is 0 Å². The van der Waals surface area contributed by atoms with Crippen LogP contribution in [0.4, 0.5) is 0 Å². The van der Waals surface area contributed by atoms with Gasteiger partial charge in [-0.2, -0.15) is 0 Å². The largest absolute Gasteiger partial charge is 0.494 e. The minimum atomic E-state index is -3.06. The van der Waals surface area contributed by atoms with Gasteiger partial charge in [-0.25, -0.2) is 8.42 Å². The van der Waals surface area contributed by atoms with E-state index < -0.39 is 9.84 Å². The summed E-state index contributed by atoms with van der Waals surface area (Å²) in [6.45, 7) is 2.53. The summed E-state index contributed by atoms with van der Waals surface area (Å²) in [6.07, 6.45) is 1.08. The average Bonchev–Trinajstić information content (AvgIpc) is 3.40. The van der Waals surface area contributed by atoms with Crippen molar-refractivity contribution in [2.45, 2.75) is 31.0 Å². The van der Waals surface area contributed by atoms with Crippen LogP contribution >= 0.6 is 11.8 Å². The van der Waals surface area contributed by atoms with E-state index in [1.54, 1.807) is 11.9 Å². The lowest BCUT2D eigenvalue weighted by atomic mass is 10.1. The van der Waals surface area contributed by atoms with Gasteiger partial charge in [0.1, 0.15) is 11.6 Å². The van der Waals surface area contributed by atoms with Crippen LogP contribution in [0.5, 0.6) is 5.75 Å². The number of nitrogens with zero attached hydrogens (tertiary/aromatic N) is 4. The van der Waals surface area contributed by atoms with Crippen LogP contribution < -0.4 is 4.74 Å². The fraction of sp³-hybridized carbons (Fsp3) is 0.375. The summed E-state index contributed by atoms with van der Waals surface area (Å²) in [5, 5.41) is 9.41. The predicted molar refractivity (Wildman–Crippen MR) is 132 cm³/mol. The number of benzene rings is 2. The van der Waals surface area contributed by atoms with Gasteiger partial charge in [0, 0.05) is 25.2 Å². The zero-order valence-electron chi connectivity index (χ0n) is 19.3. The molecule has 0 spiro atoms. The molecule has 2 heterocycles. The van der Waals surface area contributed by atoms with E-state index in [1.807, 2.05) is 66.1 Å². The Morgan fingerprint density at radius 3 is 2.53 bits per heavy atom. The predicted octanol–water partition coefficient (Wildman–Crippen LogP) is 2.99. The monoisotopic (exact) mass is 500 g/mol. The van der Waals surface area contributed by atoms with E-state index in [4.69, 9.17) is 4.74 Å². The maximum atomic E-state index is 12.8. The van der Waals surface area contributed by atoms with Gasteiger partial charge < -0.3 is 9.64 Å². The first-order valence-corrected chi connectivity index (χ1v) is 14.0. The molecule has 3 aromatic rings. The van der Waals surface area contributed by atoms with Crippen molar-refractivity contribution >= 4 is 27.5 Å². The second-order valence-corrected chi connectivity index (χ2v) is 11.3. The van der Waals surface area contributed by atoms with Crippen molar-refractivity contribution in [1.82, 2.24) is 19.7 Å². The van der Waals surface area contributed by atoms with Gasteiger partial charge in [0.25, 0.3) is 0 Å². The Bertz CT molecular complexity index is 1230. The lowest BCUT2D eigenvalue weighted by Gasteiger charge is -2.23. The Morgan fingerprint density at radius 2 is 1.88 bits per heavy atom. The number of aromatic nitrogens is 3. The van der Waals surface area contributed by atoms with Gasteiger partial charge in [-0.05, 0) is 43.2 Å². The molecule has 0 unspecified atom stereocenters. The SMILES string of the molecule is CCOc1ccc(-n2c(Cc3ccccc3)nnc2SCC(=O)N(C)[C@@H]2CCS(=O)(=O)C2)cc1. The molecule has 180 valence electrons. The molecule has 1 aliphatic rings. The molecule has 0 aliphatic carbocycles. The smallest absolute Gasteiger partial charge is 0.233 e. The molecule has 10 heteroatoms. The molecule has 4 rings (SSSR count). The van der Waals surface area contributed by atoms with E-state index in [1.165, 1.54) is 11.8 Å². The topological polar surface area (TPSA) is 94.4 Å². The molecular weight excluding hydrogens is 472 g/mol. The quantitative estimate of drug-likeness (QED) is 0.417. The third-order valence-corrected chi connectivity index (χ3v) is 8.45. The molecule has 1 aromatic heterocycles. The molecule has 0 N–H and O–H groups in total. The maximum absolute atomic E-state index is 12.8. The van der Waals surface area contributed by atoms with E-state index in [-0.39, 0.29) is 29.2 Å². The van der Waals surface area contributed by atoms with Crippen molar-refractivity contribution < 1.29 is 17.9 Å². The summed E-state index contributed by atoms with van der Waals surface area (Å²) in [6, 6.07) is 17.5. The summed E-state index contributed by atoms with van der Waals surface area (Å²) in [5.41, 5.74) is 1.99.